The molecular formula is C22H30F2O5. The zero-order valence-corrected chi connectivity index (χ0v) is 16.9. The monoisotopic (exact) mass is 412 g/mol. The van der Waals surface area contributed by atoms with E-state index in [9.17, 15) is 15.0 Å². The smallest absolute Gasteiger partial charge is 0.310 e. The number of aliphatic hydroxyl groups excluding tert-OH is 2. The van der Waals surface area contributed by atoms with Gasteiger partial charge in [0.15, 0.2) is 5.76 Å². The maximum absolute atomic E-state index is 15.3. The first-order chi connectivity index (χ1) is 13.6. The first-order valence-electron chi connectivity index (χ1n) is 10.1. The molecule has 5 nitrogen and oxygen atoms in total. The molecule has 2 aliphatic rings. The summed E-state index contributed by atoms with van der Waals surface area (Å²) >= 11 is 0. The molecule has 0 spiro atoms. The van der Waals surface area contributed by atoms with Crippen LogP contribution in [0.5, 0.6) is 0 Å². The Balaban J connectivity index is 2.30. The lowest BCUT2D eigenvalue weighted by atomic mass is 9.72. The summed E-state index contributed by atoms with van der Waals surface area (Å²) in [6.07, 6.45) is 0.746. The fourth-order valence-electron chi connectivity index (χ4n) is 4.39. The number of aliphatic carboxylic acids is 1. The molecule has 3 N–H and O–H groups in total. The topological polar surface area (TPSA) is 87.0 Å². The van der Waals surface area contributed by atoms with Crippen molar-refractivity contribution in [2.24, 2.45) is 23.7 Å². The number of alkyl halides is 2. The van der Waals surface area contributed by atoms with Crippen LogP contribution in [0.4, 0.5) is 8.78 Å². The van der Waals surface area contributed by atoms with Crippen molar-refractivity contribution in [2.45, 2.75) is 70.2 Å². The number of carbonyl (C=O) groups is 1. The second-order valence-corrected chi connectivity index (χ2v) is 7.83. The van der Waals surface area contributed by atoms with Crippen molar-refractivity contribution in [1.29, 1.82) is 0 Å². The van der Waals surface area contributed by atoms with Crippen LogP contribution < -0.4 is 0 Å². The molecule has 1 unspecified atom stereocenters. The molecule has 0 aromatic heterocycles. The number of fused-ring (bicyclic) bond motifs is 1. The Kier molecular flexibility index (Phi) is 7.84. The third-order valence-electron chi connectivity index (χ3n) is 5.89. The van der Waals surface area contributed by atoms with Crippen molar-refractivity contribution >= 4 is 5.97 Å². The van der Waals surface area contributed by atoms with Crippen LogP contribution in [0, 0.1) is 35.5 Å². The Morgan fingerprint density at radius 3 is 2.76 bits per heavy atom. The van der Waals surface area contributed by atoms with Gasteiger partial charge in [0.2, 0.25) is 0 Å². The van der Waals surface area contributed by atoms with Gasteiger partial charge in [0, 0.05) is 31.1 Å². The van der Waals surface area contributed by atoms with Crippen LogP contribution in [0.2, 0.25) is 0 Å². The summed E-state index contributed by atoms with van der Waals surface area (Å²) in [4.78, 5) is 10.6. The number of rotatable bonds is 8. The van der Waals surface area contributed by atoms with Gasteiger partial charge in [-0.15, -0.1) is 12.5 Å². The van der Waals surface area contributed by atoms with Crippen molar-refractivity contribution in [3.8, 4) is 11.8 Å². The zero-order valence-electron chi connectivity index (χ0n) is 16.9. The van der Waals surface area contributed by atoms with Crippen molar-refractivity contribution in [3.05, 3.63) is 24.5 Å². The molecule has 1 aliphatic carbocycles. The Morgan fingerprint density at radius 1 is 1.48 bits per heavy atom. The van der Waals surface area contributed by atoms with Crippen LogP contribution in [0.3, 0.4) is 0 Å². The summed E-state index contributed by atoms with van der Waals surface area (Å²) in [5, 5.41) is 29.5. The second kappa shape index (κ2) is 9.73. The van der Waals surface area contributed by atoms with Crippen molar-refractivity contribution < 1.29 is 33.6 Å². The second-order valence-electron chi connectivity index (χ2n) is 7.83. The van der Waals surface area contributed by atoms with E-state index in [0.717, 1.165) is 0 Å². The fourth-order valence-corrected chi connectivity index (χ4v) is 4.39. The predicted octanol–water partition coefficient (Wildman–Crippen LogP) is 3.37. The Hall–Kier alpha value is -1.91. The van der Waals surface area contributed by atoms with Gasteiger partial charge in [-0.2, -0.15) is 8.78 Å². The van der Waals surface area contributed by atoms with Gasteiger partial charge in [0.25, 0.3) is 0 Å². The molecule has 1 saturated carbocycles. The molecule has 2 fully saturated rings. The van der Waals surface area contributed by atoms with Crippen LogP contribution >= 0.6 is 0 Å². The lowest BCUT2D eigenvalue weighted by molar-refractivity contribution is -0.137. The molecule has 0 aromatic carbocycles. The van der Waals surface area contributed by atoms with Gasteiger partial charge in [-0.05, 0) is 24.8 Å². The first kappa shape index (κ1) is 23.4. The normalized spacial score (nSPS) is 31.9. The third-order valence-corrected chi connectivity index (χ3v) is 5.89. The van der Waals surface area contributed by atoms with E-state index in [4.69, 9.17) is 9.84 Å². The van der Waals surface area contributed by atoms with E-state index in [-0.39, 0.29) is 25.7 Å². The Labute approximate surface area is 170 Å². The summed E-state index contributed by atoms with van der Waals surface area (Å²) < 4.78 is 36.0. The minimum absolute atomic E-state index is 0.0681. The number of hydrogen-bond donors (Lipinski definition) is 3. The third kappa shape index (κ3) is 4.99. The summed E-state index contributed by atoms with van der Waals surface area (Å²) in [6.45, 7) is 7.13. The highest BCUT2D eigenvalue weighted by Gasteiger charge is 2.65. The number of halogens is 2. The number of aliphatic hydroxyl groups is 2. The van der Waals surface area contributed by atoms with E-state index in [0.29, 0.717) is 6.42 Å². The number of allylic oxidation sites excluding steroid dienone is 2. The average Bonchev–Trinajstić information content (AvgIpc) is 3.11. The minimum Gasteiger partial charge on any atom is -0.488 e. The van der Waals surface area contributed by atoms with Crippen molar-refractivity contribution in [3.63, 3.8) is 0 Å². The van der Waals surface area contributed by atoms with E-state index < -0.39 is 59.6 Å². The highest BCUT2D eigenvalue weighted by molar-refractivity contribution is 5.66. The number of hydrogen-bond acceptors (Lipinski definition) is 4. The van der Waals surface area contributed by atoms with Gasteiger partial charge >= 0.3 is 11.9 Å². The fraction of sp³-hybridized carbons (Fsp3) is 0.682. The average molecular weight is 412 g/mol. The van der Waals surface area contributed by atoms with E-state index in [1.165, 1.54) is 12.2 Å². The van der Waals surface area contributed by atoms with Gasteiger partial charge in [-0.3, -0.25) is 4.79 Å². The van der Waals surface area contributed by atoms with Crippen LogP contribution in [-0.2, 0) is 9.53 Å². The molecule has 0 amide bonds. The molecule has 1 saturated heterocycles. The minimum atomic E-state index is -3.29. The molecule has 7 heteroatoms. The Morgan fingerprint density at radius 2 is 2.17 bits per heavy atom. The summed E-state index contributed by atoms with van der Waals surface area (Å²) in [5.74, 6) is -2.04. The molecule has 0 radical (unpaired) electrons. The Bertz CT molecular complexity index is 693. The van der Waals surface area contributed by atoms with Crippen LogP contribution in [0.25, 0.3) is 0 Å². The van der Waals surface area contributed by atoms with Crippen LogP contribution in [0.15, 0.2) is 24.5 Å². The summed E-state index contributed by atoms with van der Waals surface area (Å²) in [5.41, 5.74) is 0. The molecular weight excluding hydrogens is 382 g/mol. The van der Waals surface area contributed by atoms with Crippen LogP contribution in [-0.4, -0.2) is 45.5 Å². The molecule has 1 aliphatic heterocycles. The highest BCUT2D eigenvalue weighted by Crippen LogP contribution is 2.56. The summed E-state index contributed by atoms with van der Waals surface area (Å²) in [7, 11) is 0. The first-order valence-corrected chi connectivity index (χ1v) is 10.1. The molecule has 0 bridgehead atoms. The quantitative estimate of drug-likeness (QED) is 0.323. The summed E-state index contributed by atoms with van der Waals surface area (Å²) in [6, 6.07) is 0. The van der Waals surface area contributed by atoms with E-state index >= 15 is 8.78 Å². The number of carboxylic acid groups (broad SMARTS) is 1. The van der Waals surface area contributed by atoms with E-state index in [1.54, 1.807) is 6.92 Å². The van der Waals surface area contributed by atoms with E-state index in [1.807, 2.05) is 6.92 Å². The maximum Gasteiger partial charge on any atom is 0.310 e. The zero-order chi connectivity index (χ0) is 21.8. The van der Waals surface area contributed by atoms with Gasteiger partial charge in [-0.1, -0.05) is 25.8 Å². The molecule has 162 valence electrons. The van der Waals surface area contributed by atoms with Crippen molar-refractivity contribution in [1.82, 2.24) is 0 Å². The molecule has 29 heavy (non-hydrogen) atoms. The molecule has 2 rings (SSSR count). The largest absolute Gasteiger partial charge is 0.488 e. The maximum atomic E-state index is 15.3. The van der Waals surface area contributed by atoms with Gasteiger partial charge < -0.3 is 20.1 Å². The highest BCUT2D eigenvalue weighted by atomic mass is 19.3. The SMILES string of the molecule is C=C[C@H](O)C(C)[C@@H](C#CCC)[C@@H]1[C@@H]2[C@H](C[C@H]1O)OC(=CCCCC(=O)O)C2(F)F. The van der Waals surface area contributed by atoms with Crippen LogP contribution in [0.1, 0.15) is 46.0 Å². The van der Waals surface area contributed by atoms with Gasteiger partial charge in [0.1, 0.15) is 6.10 Å². The standard InChI is InChI=1S/C22H30F2O5/c1-4-6-9-14(13(3)15(25)5-2)20-16(26)12-17-21(20)22(23,24)18(29-17)10-7-8-11-19(27)28/h5,10,13-17,20-21,25-26H,2,4,7-8,11-12H2,1,3H3,(H,27,28)/t13?,14-,15+,16-,17+,20+,21+/m1/s1. The van der Waals surface area contributed by atoms with Crippen molar-refractivity contribution in [2.75, 3.05) is 0 Å². The lowest BCUT2D eigenvalue weighted by Crippen LogP contribution is -2.41. The predicted molar refractivity (Wildman–Crippen MR) is 104 cm³/mol. The number of carboxylic acids is 1. The number of ether oxygens (including phenoxy) is 1. The lowest BCUT2D eigenvalue weighted by Gasteiger charge is -2.34. The van der Waals surface area contributed by atoms with Gasteiger partial charge in [-0.25, -0.2) is 0 Å². The van der Waals surface area contributed by atoms with E-state index in [2.05, 4.69) is 18.4 Å². The molecule has 0 aromatic rings. The molecule has 1 heterocycles. The molecule has 7 atom stereocenters. The number of unbranched alkanes of at least 4 members (excludes halogenated alkanes) is 1. The van der Waals surface area contributed by atoms with Gasteiger partial charge in [0.05, 0.1) is 18.1 Å².